The first kappa shape index (κ1) is 29.1. The van der Waals surface area contributed by atoms with Gasteiger partial charge >= 0.3 is 0 Å². The Kier molecular flexibility index (Phi) is 7.14. The molecule has 226 valence electrons. The second-order valence-corrected chi connectivity index (χ2v) is 13.4. The Bertz CT molecular complexity index is 1390. The van der Waals surface area contributed by atoms with Crippen LogP contribution in [0.5, 0.6) is 5.75 Å². The average Bonchev–Trinajstić information content (AvgIpc) is 3.70. The van der Waals surface area contributed by atoms with Crippen molar-refractivity contribution >= 4 is 29.0 Å². The summed E-state index contributed by atoms with van der Waals surface area (Å²) in [5, 5.41) is 22.7. The maximum absolute atomic E-state index is 16.2. The number of hydrogen-bond acceptors (Lipinski definition) is 9. The SMILES string of the molecule is CN(C)[C@@H]1C(=O)C(C(N)=O)C(=O)[C@@]2(O)C(=O)C3C(=O)c4c(O)cc(CN(CC5CCC5)CC5CC5)c(F)c4C[C@H]3C[C@@H]12. The molecular formula is C31H38FN3O7. The van der Waals surface area contributed by atoms with E-state index in [2.05, 4.69) is 4.90 Å². The van der Waals surface area contributed by atoms with E-state index >= 15 is 4.39 Å². The maximum atomic E-state index is 16.2. The molecule has 10 nitrogen and oxygen atoms in total. The highest BCUT2D eigenvalue weighted by Crippen LogP contribution is 2.51. The van der Waals surface area contributed by atoms with E-state index in [4.69, 9.17) is 5.73 Å². The molecule has 0 saturated heterocycles. The second kappa shape index (κ2) is 10.3. The smallest absolute Gasteiger partial charge is 0.235 e. The first-order valence-corrected chi connectivity index (χ1v) is 14.9. The number of fused-ring (bicyclic) bond motifs is 3. The Labute approximate surface area is 243 Å². The number of nitrogens with zero attached hydrogens (tertiary/aromatic N) is 2. The molecule has 0 spiro atoms. The number of aliphatic hydroxyl groups is 1. The lowest BCUT2D eigenvalue weighted by atomic mass is 9.52. The average molecular weight is 584 g/mol. The van der Waals surface area contributed by atoms with E-state index in [-0.39, 0.29) is 29.5 Å². The zero-order valence-electron chi connectivity index (χ0n) is 24.0. The van der Waals surface area contributed by atoms with Crippen LogP contribution in [0, 0.1) is 41.3 Å². The minimum Gasteiger partial charge on any atom is -0.507 e. The Morgan fingerprint density at radius 1 is 1.07 bits per heavy atom. The van der Waals surface area contributed by atoms with Crippen LogP contribution in [0.2, 0.25) is 0 Å². The van der Waals surface area contributed by atoms with Gasteiger partial charge in [0.25, 0.3) is 0 Å². The lowest BCUT2D eigenvalue weighted by molar-refractivity contribution is -0.181. The van der Waals surface area contributed by atoms with Crippen molar-refractivity contribution in [2.75, 3.05) is 27.2 Å². The third kappa shape index (κ3) is 4.43. The summed E-state index contributed by atoms with van der Waals surface area (Å²) in [6, 6.07) is 0.0618. The Hall–Kier alpha value is -3.02. The molecule has 42 heavy (non-hydrogen) atoms. The third-order valence-electron chi connectivity index (χ3n) is 10.4. The van der Waals surface area contributed by atoms with Gasteiger partial charge < -0.3 is 15.9 Å². The van der Waals surface area contributed by atoms with Crippen LogP contribution < -0.4 is 5.73 Å². The van der Waals surface area contributed by atoms with E-state index < -0.39 is 75.9 Å². The summed E-state index contributed by atoms with van der Waals surface area (Å²) in [6.07, 6.45) is 5.61. The van der Waals surface area contributed by atoms with Gasteiger partial charge in [-0.15, -0.1) is 0 Å². The highest BCUT2D eigenvalue weighted by molar-refractivity contribution is 6.32. The standard InChI is InChI=1S/C31H38FN3O7/c1-34(2)25-19-9-16-8-18-22(26(37)21(16)28(39)31(19,42)29(40)23(27(25)38)30(33)41)20(36)10-17(24(18)32)13-35(12-15-6-7-15)11-14-4-3-5-14/h10,14-16,19,21,23,25,36,42H,3-9,11-13H2,1-2H3,(H2,33,41)/t16-,19-,21?,23?,25-,31-/m0/s1. The number of carbonyl (C=O) groups excluding carboxylic acids is 5. The normalized spacial score (nSPS) is 33.0. The van der Waals surface area contributed by atoms with Crippen molar-refractivity contribution in [3.63, 3.8) is 0 Å². The van der Waals surface area contributed by atoms with E-state index in [1.807, 2.05) is 0 Å². The fourth-order valence-corrected chi connectivity index (χ4v) is 7.97. The van der Waals surface area contributed by atoms with Crippen molar-refractivity contribution < 1.29 is 38.6 Å². The van der Waals surface area contributed by atoms with Crippen molar-refractivity contribution in [3.8, 4) is 5.75 Å². The summed E-state index contributed by atoms with van der Waals surface area (Å²) < 4.78 is 16.2. The summed E-state index contributed by atoms with van der Waals surface area (Å²) in [7, 11) is 3.05. The predicted octanol–water partition coefficient (Wildman–Crippen LogP) is 1.02. The molecule has 2 unspecified atom stereocenters. The molecule has 1 aromatic rings. The van der Waals surface area contributed by atoms with Gasteiger partial charge in [-0.3, -0.25) is 33.8 Å². The quantitative estimate of drug-likeness (QED) is 0.380. The summed E-state index contributed by atoms with van der Waals surface area (Å²) in [6.45, 7) is 2.00. The van der Waals surface area contributed by atoms with Crippen LogP contribution in [0.1, 0.15) is 60.0 Å². The molecule has 11 heteroatoms. The number of primary amides is 1. The van der Waals surface area contributed by atoms with E-state index in [9.17, 15) is 34.2 Å². The molecule has 5 aliphatic carbocycles. The van der Waals surface area contributed by atoms with Gasteiger partial charge in [0.2, 0.25) is 5.91 Å². The minimum absolute atomic E-state index is 0.0226. The molecule has 0 bridgehead atoms. The molecule has 4 fully saturated rings. The summed E-state index contributed by atoms with van der Waals surface area (Å²) in [4.78, 5) is 70.0. The minimum atomic E-state index is -2.80. The number of rotatable bonds is 8. The first-order chi connectivity index (χ1) is 19.8. The number of phenolic OH excluding ortho intramolecular Hbond substituents is 1. The number of phenols is 1. The highest BCUT2D eigenvalue weighted by Gasteiger charge is 2.69. The molecule has 1 aromatic carbocycles. The molecule has 4 N–H and O–H groups in total. The Balaban J connectivity index is 1.36. The van der Waals surface area contributed by atoms with Gasteiger partial charge in [-0.25, -0.2) is 4.39 Å². The van der Waals surface area contributed by atoms with E-state index in [1.165, 1.54) is 31.5 Å². The molecule has 5 aliphatic rings. The van der Waals surface area contributed by atoms with Gasteiger partial charge in [0, 0.05) is 36.7 Å². The summed E-state index contributed by atoms with van der Waals surface area (Å²) in [5.41, 5.74) is 2.55. The topological polar surface area (TPSA) is 158 Å². The molecule has 0 aliphatic heterocycles. The van der Waals surface area contributed by atoms with Crippen molar-refractivity contribution in [1.82, 2.24) is 9.80 Å². The van der Waals surface area contributed by atoms with Crippen molar-refractivity contribution in [1.29, 1.82) is 0 Å². The largest absolute Gasteiger partial charge is 0.507 e. The van der Waals surface area contributed by atoms with Gasteiger partial charge in [-0.05, 0) is 76.4 Å². The van der Waals surface area contributed by atoms with Gasteiger partial charge in [-0.2, -0.15) is 0 Å². The number of carbonyl (C=O) groups is 5. The molecular weight excluding hydrogens is 545 g/mol. The summed E-state index contributed by atoms with van der Waals surface area (Å²) >= 11 is 0. The van der Waals surface area contributed by atoms with Crippen LogP contribution in [0.3, 0.4) is 0 Å². The number of likely N-dealkylation sites (N-methyl/N-ethyl adjacent to an activating group) is 1. The lowest BCUT2D eigenvalue weighted by Crippen LogP contribution is -2.74. The molecule has 4 saturated carbocycles. The highest BCUT2D eigenvalue weighted by atomic mass is 19.1. The molecule has 0 aromatic heterocycles. The van der Waals surface area contributed by atoms with Gasteiger partial charge in [-0.1, -0.05) is 6.42 Å². The lowest BCUT2D eigenvalue weighted by Gasteiger charge is -2.52. The predicted molar refractivity (Wildman–Crippen MR) is 147 cm³/mol. The van der Waals surface area contributed by atoms with Crippen LogP contribution in [0.25, 0.3) is 0 Å². The number of nitrogens with two attached hydrogens (primary N) is 1. The monoisotopic (exact) mass is 583 g/mol. The zero-order valence-corrected chi connectivity index (χ0v) is 24.0. The van der Waals surface area contributed by atoms with Crippen LogP contribution in [0.15, 0.2) is 6.07 Å². The number of aromatic hydroxyl groups is 1. The van der Waals surface area contributed by atoms with Crippen LogP contribution >= 0.6 is 0 Å². The van der Waals surface area contributed by atoms with Crippen LogP contribution in [0.4, 0.5) is 4.39 Å². The number of halogens is 1. The van der Waals surface area contributed by atoms with Crippen molar-refractivity contribution in [2.45, 2.75) is 63.1 Å². The molecule has 0 heterocycles. The van der Waals surface area contributed by atoms with Crippen LogP contribution in [-0.2, 0) is 32.1 Å². The molecule has 6 atom stereocenters. The van der Waals surface area contributed by atoms with Crippen molar-refractivity contribution in [2.24, 2.45) is 41.2 Å². The first-order valence-electron chi connectivity index (χ1n) is 14.9. The second-order valence-electron chi connectivity index (χ2n) is 13.4. The zero-order chi connectivity index (χ0) is 30.2. The third-order valence-corrected chi connectivity index (χ3v) is 10.4. The maximum Gasteiger partial charge on any atom is 0.235 e. The molecule has 6 rings (SSSR count). The Morgan fingerprint density at radius 2 is 1.71 bits per heavy atom. The number of hydrogen-bond donors (Lipinski definition) is 3. The van der Waals surface area contributed by atoms with Gasteiger partial charge in [0.15, 0.2) is 34.7 Å². The fourth-order valence-electron chi connectivity index (χ4n) is 7.97. The molecule has 1 amide bonds. The van der Waals surface area contributed by atoms with Crippen molar-refractivity contribution in [3.05, 3.63) is 28.6 Å². The number of benzene rings is 1. The van der Waals surface area contributed by atoms with E-state index in [1.54, 1.807) is 0 Å². The van der Waals surface area contributed by atoms with E-state index in [0.29, 0.717) is 18.4 Å². The molecule has 0 radical (unpaired) electrons. The number of ketones is 4. The number of Topliss-reactive ketones (excluding diaryl/α,β-unsaturated/α-hetero) is 4. The van der Waals surface area contributed by atoms with Crippen LogP contribution in [-0.4, -0.2) is 87.9 Å². The number of amides is 1. The van der Waals surface area contributed by atoms with Gasteiger partial charge in [0.05, 0.1) is 17.5 Å². The van der Waals surface area contributed by atoms with Gasteiger partial charge in [0.1, 0.15) is 11.6 Å². The van der Waals surface area contributed by atoms with E-state index in [0.717, 1.165) is 38.8 Å². The fraction of sp³-hybridized carbons (Fsp3) is 0.645. The summed E-state index contributed by atoms with van der Waals surface area (Å²) in [5.74, 6) is -10.9. The Morgan fingerprint density at radius 3 is 2.26 bits per heavy atom.